The molecule has 2 aliphatic heterocycles. The van der Waals surface area contributed by atoms with Gasteiger partial charge in [0.05, 0.1) is 55.3 Å². The van der Waals surface area contributed by atoms with Gasteiger partial charge in [-0.2, -0.15) is 0 Å². The summed E-state index contributed by atoms with van der Waals surface area (Å²) in [6.07, 6.45) is 21.3. The average Bonchev–Trinajstić information content (AvgIpc) is 1.50. The first-order chi connectivity index (χ1) is 64.0. The Labute approximate surface area is 747 Å². The molecule has 5 nitrogen and oxygen atoms in total. The molecular weight excluding hydrogens is 1560 g/mol. The summed E-state index contributed by atoms with van der Waals surface area (Å²) in [5, 5.41) is 12.6. The minimum absolute atomic E-state index is 0.248. The zero-order valence-electron chi connectivity index (χ0n) is 70.9. The predicted molar refractivity (Wildman–Crippen MR) is 537 cm³/mol. The van der Waals surface area contributed by atoms with Crippen LogP contribution >= 0.6 is 0 Å². The predicted octanol–water partition coefficient (Wildman–Crippen LogP) is 30.2. The minimum atomic E-state index is -0.628. The molecule has 18 aromatic carbocycles. The van der Waals surface area contributed by atoms with Crippen LogP contribution in [0.5, 0.6) is 0 Å². The normalized spacial score (nSPS) is 16.6. The van der Waals surface area contributed by atoms with Crippen molar-refractivity contribution in [2.45, 2.75) is 48.9 Å². The summed E-state index contributed by atoms with van der Waals surface area (Å²) in [5.74, 6) is 0.248. The maximum atomic E-state index is 2.67. The van der Waals surface area contributed by atoms with E-state index in [1.165, 1.54) is 199 Å². The van der Waals surface area contributed by atoms with E-state index in [0.29, 0.717) is 0 Å². The molecule has 21 aromatic rings. The molecule has 3 unspecified atom stereocenters. The van der Waals surface area contributed by atoms with E-state index in [-0.39, 0.29) is 5.92 Å². The number of nitrogens with zero attached hydrogens (tertiary/aromatic N) is 5. The molecule has 0 bridgehead atoms. The van der Waals surface area contributed by atoms with Gasteiger partial charge in [-0.05, 0) is 263 Å². The highest BCUT2D eigenvalue weighted by molar-refractivity contribution is 6.15. The molecule has 0 saturated carbocycles. The summed E-state index contributed by atoms with van der Waals surface area (Å²) in [4.78, 5) is 5.01. The molecule has 2 spiro atoms. The second kappa shape index (κ2) is 27.7. The fourth-order valence-electron chi connectivity index (χ4n) is 24.7. The maximum Gasteiger partial charge on any atom is 0.0755 e. The number of allylic oxidation sites excluding steroid dienone is 5. The molecule has 0 N–H and O–H groups in total. The van der Waals surface area contributed by atoms with Crippen LogP contribution in [0, 0.1) is 0 Å². The lowest BCUT2D eigenvalue weighted by Gasteiger charge is -2.41. The second-order valence-corrected chi connectivity index (χ2v) is 36.1. The number of para-hydroxylation sites is 6. The van der Waals surface area contributed by atoms with Gasteiger partial charge in [0.2, 0.25) is 0 Å². The van der Waals surface area contributed by atoms with Crippen molar-refractivity contribution >= 4 is 117 Å². The van der Waals surface area contributed by atoms with Crippen LogP contribution in [-0.2, 0) is 17.3 Å². The van der Waals surface area contributed by atoms with Gasteiger partial charge in [0.1, 0.15) is 0 Å². The molecule has 28 rings (SSSR count). The number of hydrogen-bond acceptors (Lipinski definition) is 2. The fraction of sp³-hybridized carbons (Fsp3) is 0.0645. The van der Waals surface area contributed by atoms with Crippen molar-refractivity contribution in [3.63, 3.8) is 0 Å². The van der Waals surface area contributed by atoms with Crippen LogP contribution in [0.1, 0.15) is 87.4 Å². The molecule has 0 amide bonds. The van der Waals surface area contributed by atoms with Crippen molar-refractivity contribution in [1.82, 2.24) is 13.7 Å². The minimum Gasteiger partial charge on any atom is -0.312 e. The van der Waals surface area contributed by atoms with Gasteiger partial charge in [-0.25, -0.2) is 0 Å². The quantitative estimate of drug-likeness (QED) is 0.129. The van der Waals surface area contributed by atoms with Crippen molar-refractivity contribution < 1.29 is 0 Å². The topological polar surface area (TPSA) is 21.3 Å². The van der Waals surface area contributed by atoms with Gasteiger partial charge in [0, 0.05) is 83.4 Å². The highest BCUT2D eigenvalue weighted by Crippen LogP contribution is 2.66. The van der Waals surface area contributed by atoms with E-state index >= 15 is 0 Å². The largest absolute Gasteiger partial charge is 0.312 e. The first kappa shape index (κ1) is 72.2. The van der Waals surface area contributed by atoms with Gasteiger partial charge in [-0.1, -0.05) is 328 Å². The summed E-state index contributed by atoms with van der Waals surface area (Å²) < 4.78 is 7.76. The molecule has 0 saturated heterocycles. The van der Waals surface area contributed by atoms with Gasteiger partial charge in [0.15, 0.2) is 0 Å². The first-order valence-corrected chi connectivity index (χ1v) is 45.7. The van der Waals surface area contributed by atoms with Crippen LogP contribution in [0.4, 0.5) is 34.1 Å². The Morgan fingerprint density at radius 1 is 0.310 bits per heavy atom. The lowest BCUT2D eigenvalue weighted by Crippen LogP contribution is -2.46. The molecule has 5 heterocycles. The van der Waals surface area contributed by atoms with Gasteiger partial charge in [-0.3, -0.25) is 0 Å². The number of anilines is 6. The molecular formula is C124H83N5. The van der Waals surface area contributed by atoms with Crippen LogP contribution in [-0.4, -0.2) is 13.7 Å². The summed E-state index contributed by atoms with van der Waals surface area (Å²) in [7, 11) is 0. The fourth-order valence-corrected chi connectivity index (χ4v) is 24.7. The van der Waals surface area contributed by atoms with E-state index in [1.807, 2.05) is 0 Å². The third-order valence-corrected chi connectivity index (χ3v) is 29.9. The molecule has 129 heavy (non-hydrogen) atoms. The number of rotatable bonds is 11. The summed E-state index contributed by atoms with van der Waals surface area (Å²) in [5.41, 5.74) is 41.1. The standard InChI is InChI=1S/C124H83N5/c1-5-29-78(30-6-1)80-55-63-88(64-56-80)127-112-51-23-17-37-92(112)95-71-68-90(76-117(95)127)125(85-33-9-3-10-34-85)89-67-59-82-62-72-108-120(103(82)75-89)101-42-16-19-45-104(101)123(108)106-47-21-26-54-115(106)129-116-74-84(61-70-96(116)99-44-28-49-109(123)122(99)129)91-69-60-83(79-31-7-2-8-32-79)73-102(91)81-57-65-87(66-58-81)126(86-35-11-4-12-36-86)118-77-111-119(97-40-14-13-38-93(97)118)100-41-15-20-46-105(100)124(111)107-48-22-25-53-114(107)128-113-52-24-18-39-94(113)98-43-27-50-110(124)121(98)128/h1-23,25-27,29-31,33-48,50-51,53-77,79H,24,28,32,49,52H2. The van der Waals surface area contributed by atoms with Crippen molar-refractivity contribution in [1.29, 1.82) is 0 Å². The van der Waals surface area contributed by atoms with Crippen molar-refractivity contribution in [3.8, 4) is 72.7 Å². The van der Waals surface area contributed by atoms with E-state index in [1.54, 1.807) is 0 Å². The molecule has 3 atom stereocenters. The lowest BCUT2D eigenvalue weighted by atomic mass is 9.63. The monoisotopic (exact) mass is 1640 g/mol. The Hall–Kier alpha value is -16.1. The number of hydrogen-bond donors (Lipinski definition) is 0. The molecule has 3 aromatic heterocycles. The lowest BCUT2D eigenvalue weighted by molar-refractivity contribution is 0.734. The van der Waals surface area contributed by atoms with Crippen molar-refractivity contribution in [2.24, 2.45) is 0 Å². The number of benzene rings is 18. The molecule has 5 aliphatic carbocycles. The smallest absolute Gasteiger partial charge is 0.0755 e. The van der Waals surface area contributed by atoms with Crippen LogP contribution in [0.25, 0.3) is 156 Å². The molecule has 604 valence electrons. The van der Waals surface area contributed by atoms with Crippen molar-refractivity contribution in [3.05, 3.63) is 491 Å². The third kappa shape index (κ3) is 10.1. The van der Waals surface area contributed by atoms with E-state index in [2.05, 4.69) is 460 Å². The van der Waals surface area contributed by atoms with Crippen LogP contribution < -0.4 is 20.4 Å². The zero-order valence-corrected chi connectivity index (χ0v) is 70.9. The maximum absolute atomic E-state index is 2.67. The summed E-state index contributed by atoms with van der Waals surface area (Å²) in [6.45, 7) is 0. The van der Waals surface area contributed by atoms with E-state index < -0.39 is 10.8 Å². The average molecular weight is 1640 g/mol. The molecule has 5 heteroatoms. The van der Waals surface area contributed by atoms with E-state index in [4.69, 9.17) is 0 Å². The van der Waals surface area contributed by atoms with E-state index in [9.17, 15) is 0 Å². The highest BCUT2D eigenvalue weighted by atomic mass is 15.2. The SMILES string of the molecule is C1=CCC(c2ccc(-c3ccc4c5c6n(c4c3)-c3ccccc3C3(C=6CCC=5)c4ccccc4-c4c3ccc3ccc(N(c5ccccc5)c5ccc6c7ccccc7n(-c7ccc(-c8ccccc8)cc7)c6c5)cc43)c(-c3ccc(N(c4ccccc4)c4cc5c(c6ccccc46)-c4ccccc4C54c5ccccc5-n5c6c(c7cccc4c75)C=CCC6)cc3)c2)C=C1. The second-order valence-electron chi connectivity index (χ2n) is 36.1. The Morgan fingerprint density at radius 2 is 0.899 bits per heavy atom. The van der Waals surface area contributed by atoms with Gasteiger partial charge in [0.25, 0.3) is 0 Å². The number of aromatic nitrogens is 3. The number of fused-ring (bicyclic) bond motifs is 31. The van der Waals surface area contributed by atoms with E-state index in [0.717, 1.165) is 77.4 Å². The van der Waals surface area contributed by atoms with Gasteiger partial charge in [-0.15, -0.1) is 0 Å². The van der Waals surface area contributed by atoms with Gasteiger partial charge >= 0.3 is 0 Å². The Morgan fingerprint density at radius 3 is 1.68 bits per heavy atom. The van der Waals surface area contributed by atoms with Crippen molar-refractivity contribution in [2.75, 3.05) is 9.80 Å². The van der Waals surface area contributed by atoms with Crippen LogP contribution in [0.2, 0.25) is 0 Å². The Kier molecular flexibility index (Phi) is 15.5. The summed E-state index contributed by atoms with van der Waals surface area (Å²) >= 11 is 0. The van der Waals surface area contributed by atoms with Crippen LogP contribution in [0.15, 0.2) is 425 Å². The highest BCUT2D eigenvalue weighted by Gasteiger charge is 2.54. The molecule has 7 aliphatic rings. The summed E-state index contributed by atoms with van der Waals surface area (Å²) in [6, 6.07) is 151. The van der Waals surface area contributed by atoms with Crippen LogP contribution in [0.3, 0.4) is 0 Å². The first-order valence-electron chi connectivity index (χ1n) is 45.7. The third-order valence-electron chi connectivity index (χ3n) is 29.9. The Balaban J connectivity index is 0.594. The Bertz CT molecular complexity index is 8650. The zero-order chi connectivity index (χ0) is 84.3. The molecule has 0 fully saturated rings. The molecule has 0 radical (unpaired) electrons. The van der Waals surface area contributed by atoms with Gasteiger partial charge < -0.3 is 23.5 Å².